The SMILES string of the molecule is O=C(O)/C=C/C1=CC2C(O)C(O)C1C(C(=O)OC(Cc1ccc(O)c(O)c1)C(=O)O)C2c1ccc(O)c(O)c1. The minimum atomic E-state index is -1.75. The topological polar surface area (TPSA) is 222 Å². The van der Waals surface area contributed by atoms with Crippen molar-refractivity contribution < 1.29 is 60.0 Å². The molecular weight excluding hydrogens is 516 g/mol. The smallest absolute Gasteiger partial charge is 0.345 e. The molecule has 5 rings (SSSR count). The summed E-state index contributed by atoms with van der Waals surface area (Å²) in [6.45, 7) is 0. The molecule has 2 aromatic rings. The Bertz CT molecular complexity index is 1360. The highest BCUT2D eigenvalue weighted by Crippen LogP contribution is 2.54. The van der Waals surface area contributed by atoms with Gasteiger partial charge in [-0.25, -0.2) is 9.59 Å². The average Bonchev–Trinajstić information content (AvgIpc) is 2.88. The first kappa shape index (κ1) is 27.5. The number of allylic oxidation sites excluding steroid dienone is 1. The molecule has 0 radical (unpaired) electrons. The van der Waals surface area contributed by atoms with Crippen LogP contribution < -0.4 is 0 Å². The first-order valence-corrected chi connectivity index (χ1v) is 11.8. The second kappa shape index (κ2) is 10.7. The van der Waals surface area contributed by atoms with Gasteiger partial charge >= 0.3 is 17.9 Å². The number of aliphatic carboxylic acids is 2. The van der Waals surface area contributed by atoms with Gasteiger partial charge in [-0.1, -0.05) is 24.3 Å². The Hall–Kier alpha value is -4.55. The van der Waals surface area contributed by atoms with Gasteiger partial charge in [0.1, 0.15) is 0 Å². The standard InChI is InChI=1S/C27H26O12/c28-15-4-1-11(7-17(15)30)8-19(26(36)37)39-27(38)23-21(13-2-5-16(29)18(31)10-13)14-9-12(3-6-20(32)33)22(23)25(35)24(14)34/h1-7,9-10,14,19,21-25,28-31,34-35H,8H2,(H,32,33)(H,36,37)/b6-3+. The summed E-state index contributed by atoms with van der Waals surface area (Å²) < 4.78 is 5.39. The summed E-state index contributed by atoms with van der Waals surface area (Å²) in [7, 11) is 0. The maximum Gasteiger partial charge on any atom is 0.345 e. The number of phenols is 4. The van der Waals surface area contributed by atoms with Crippen LogP contribution in [0.5, 0.6) is 23.0 Å². The summed E-state index contributed by atoms with van der Waals surface area (Å²) >= 11 is 0. The third-order valence-corrected chi connectivity index (χ3v) is 7.14. The third kappa shape index (κ3) is 5.38. The number of hydrogen-bond donors (Lipinski definition) is 8. The van der Waals surface area contributed by atoms with Crippen molar-refractivity contribution in [1.82, 2.24) is 0 Å². The molecule has 0 spiro atoms. The van der Waals surface area contributed by atoms with Crippen LogP contribution in [-0.2, 0) is 25.5 Å². The Morgan fingerprint density at radius 1 is 0.846 bits per heavy atom. The molecule has 1 saturated carbocycles. The number of phenolic OH excluding ortho intramolecular Hbond substituents is 4. The summed E-state index contributed by atoms with van der Waals surface area (Å²) in [5.41, 5.74) is 0.730. The molecular formula is C27H26O12. The van der Waals surface area contributed by atoms with Gasteiger partial charge in [0.2, 0.25) is 6.10 Å². The van der Waals surface area contributed by atoms with Gasteiger partial charge in [0.25, 0.3) is 0 Å². The van der Waals surface area contributed by atoms with Crippen molar-refractivity contribution in [2.45, 2.75) is 30.7 Å². The van der Waals surface area contributed by atoms with Crippen molar-refractivity contribution >= 4 is 17.9 Å². The van der Waals surface area contributed by atoms with E-state index in [2.05, 4.69) is 0 Å². The zero-order chi connectivity index (χ0) is 28.6. The minimum Gasteiger partial charge on any atom is -0.504 e. The number of carbonyl (C=O) groups is 3. The Morgan fingerprint density at radius 2 is 1.49 bits per heavy atom. The molecule has 2 aromatic carbocycles. The van der Waals surface area contributed by atoms with Crippen molar-refractivity contribution in [2.75, 3.05) is 0 Å². The number of rotatable bonds is 8. The Balaban J connectivity index is 1.74. The predicted molar refractivity (Wildman–Crippen MR) is 131 cm³/mol. The van der Waals surface area contributed by atoms with Crippen molar-refractivity contribution in [3.05, 3.63) is 71.3 Å². The highest BCUT2D eigenvalue weighted by molar-refractivity contribution is 5.82. The zero-order valence-electron chi connectivity index (χ0n) is 20.2. The zero-order valence-corrected chi connectivity index (χ0v) is 20.2. The molecule has 12 heteroatoms. The van der Waals surface area contributed by atoms with Crippen LogP contribution >= 0.6 is 0 Å². The van der Waals surface area contributed by atoms with Crippen LogP contribution in [0.15, 0.2) is 60.2 Å². The van der Waals surface area contributed by atoms with Gasteiger partial charge in [0.15, 0.2) is 23.0 Å². The second-order valence-electron chi connectivity index (χ2n) is 9.51. The molecule has 3 aliphatic rings. The Kier molecular flexibility index (Phi) is 7.52. The van der Waals surface area contributed by atoms with Crippen LogP contribution in [0.4, 0.5) is 0 Å². The van der Waals surface area contributed by atoms with E-state index in [1.807, 2.05) is 0 Å². The first-order valence-electron chi connectivity index (χ1n) is 11.8. The van der Waals surface area contributed by atoms with Crippen LogP contribution in [-0.4, -0.2) is 77.1 Å². The van der Waals surface area contributed by atoms with Crippen LogP contribution in [0.2, 0.25) is 0 Å². The lowest BCUT2D eigenvalue weighted by molar-refractivity contribution is -0.176. The predicted octanol–water partition coefficient (Wildman–Crippen LogP) is 0.996. The van der Waals surface area contributed by atoms with Gasteiger partial charge in [-0.2, -0.15) is 0 Å². The van der Waals surface area contributed by atoms with E-state index in [0.717, 1.165) is 18.2 Å². The number of benzene rings is 2. The number of aliphatic hydroxyl groups is 2. The van der Waals surface area contributed by atoms with E-state index in [4.69, 9.17) is 9.84 Å². The molecule has 0 amide bonds. The number of fused-ring (bicyclic) bond motifs is 2. The molecule has 2 bridgehead atoms. The summed E-state index contributed by atoms with van der Waals surface area (Å²) in [5.74, 6) is -10.2. The Labute approximate surface area is 221 Å². The van der Waals surface area contributed by atoms with Crippen molar-refractivity contribution in [3.8, 4) is 23.0 Å². The number of carboxylic acids is 2. The lowest BCUT2D eigenvalue weighted by Crippen LogP contribution is -2.57. The summed E-state index contributed by atoms with van der Waals surface area (Å²) in [6.07, 6.45) is -1.58. The van der Waals surface area contributed by atoms with Crippen LogP contribution in [0.3, 0.4) is 0 Å². The van der Waals surface area contributed by atoms with Crippen LogP contribution in [0.25, 0.3) is 0 Å². The van der Waals surface area contributed by atoms with Gasteiger partial charge in [0.05, 0.1) is 18.1 Å². The Morgan fingerprint density at radius 3 is 2.08 bits per heavy atom. The molecule has 0 heterocycles. The van der Waals surface area contributed by atoms with Gasteiger partial charge in [-0.05, 0) is 41.0 Å². The van der Waals surface area contributed by atoms with Gasteiger partial charge in [-0.15, -0.1) is 0 Å². The molecule has 0 saturated heterocycles. The van der Waals surface area contributed by atoms with Gasteiger partial charge in [0, 0.05) is 30.3 Å². The number of ether oxygens (including phenoxy) is 1. The summed E-state index contributed by atoms with van der Waals surface area (Å²) in [5, 5.41) is 79.6. The van der Waals surface area contributed by atoms with Gasteiger partial charge < -0.3 is 45.6 Å². The highest BCUT2D eigenvalue weighted by atomic mass is 16.6. The number of hydrogen-bond acceptors (Lipinski definition) is 10. The molecule has 7 unspecified atom stereocenters. The molecule has 8 N–H and O–H groups in total. The fourth-order valence-electron chi connectivity index (χ4n) is 5.38. The fourth-order valence-corrected chi connectivity index (χ4v) is 5.38. The van der Waals surface area contributed by atoms with Crippen LogP contribution in [0, 0.1) is 17.8 Å². The summed E-state index contributed by atoms with van der Waals surface area (Å²) in [6, 6.07) is 7.33. The number of aliphatic hydroxyl groups excluding tert-OH is 2. The molecule has 39 heavy (non-hydrogen) atoms. The minimum absolute atomic E-state index is 0.219. The van der Waals surface area contributed by atoms with E-state index in [-0.39, 0.29) is 23.1 Å². The van der Waals surface area contributed by atoms with Crippen molar-refractivity contribution in [2.24, 2.45) is 17.8 Å². The molecule has 0 aromatic heterocycles. The lowest BCUT2D eigenvalue weighted by Gasteiger charge is -2.51. The summed E-state index contributed by atoms with van der Waals surface area (Å²) in [4.78, 5) is 36.8. The normalized spacial score (nSPS) is 26.7. The number of carboxylic acid groups (broad SMARTS) is 2. The maximum absolute atomic E-state index is 13.6. The second-order valence-corrected chi connectivity index (χ2v) is 9.51. The highest BCUT2D eigenvalue weighted by Gasteiger charge is 2.57. The largest absolute Gasteiger partial charge is 0.504 e. The maximum atomic E-state index is 13.6. The van der Waals surface area contributed by atoms with Crippen LogP contribution in [0.1, 0.15) is 17.0 Å². The van der Waals surface area contributed by atoms with Gasteiger partial charge in [-0.3, -0.25) is 4.79 Å². The van der Waals surface area contributed by atoms with E-state index >= 15 is 0 Å². The molecule has 12 nitrogen and oxygen atoms in total. The van der Waals surface area contributed by atoms with E-state index < -0.39 is 82.9 Å². The number of aromatic hydroxyl groups is 4. The monoisotopic (exact) mass is 542 g/mol. The molecule has 1 fully saturated rings. The fraction of sp³-hybridized carbons (Fsp3) is 0.296. The van der Waals surface area contributed by atoms with E-state index in [0.29, 0.717) is 0 Å². The van der Waals surface area contributed by atoms with E-state index in [1.54, 1.807) is 0 Å². The lowest BCUT2D eigenvalue weighted by atomic mass is 9.55. The quantitative estimate of drug-likeness (QED) is 0.133. The first-order chi connectivity index (χ1) is 18.4. The van der Waals surface area contributed by atoms with Crippen molar-refractivity contribution in [3.63, 3.8) is 0 Å². The molecule has 206 valence electrons. The molecule has 0 aliphatic heterocycles. The molecule has 7 atom stereocenters. The third-order valence-electron chi connectivity index (χ3n) is 7.14. The van der Waals surface area contributed by atoms with E-state index in [9.17, 15) is 50.1 Å². The van der Waals surface area contributed by atoms with Crippen molar-refractivity contribution in [1.29, 1.82) is 0 Å². The number of carbonyl (C=O) groups excluding carboxylic acids is 1. The number of esters is 1. The molecule has 3 aliphatic carbocycles. The van der Waals surface area contributed by atoms with E-state index in [1.165, 1.54) is 36.4 Å². The average molecular weight is 542 g/mol.